The van der Waals surface area contributed by atoms with Crippen LogP contribution in [0.5, 0.6) is 5.75 Å². The molecule has 2 nitrogen and oxygen atoms in total. The number of likely N-dealkylation sites (tertiary alicyclic amines) is 1. The minimum Gasteiger partial charge on any atom is -0.507 e. The number of hydrogen-bond donors (Lipinski definition) is 1. The average Bonchev–Trinajstić information content (AvgIpc) is 2.78. The van der Waals surface area contributed by atoms with Crippen LogP contribution in [0.2, 0.25) is 0 Å². The van der Waals surface area contributed by atoms with Crippen molar-refractivity contribution in [2.45, 2.75) is 45.2 Å². The van der Waals surface area contributed by atoms with E-state index in [9.17, 15) is 5.11 Å². The Kier molecular flexibility index (Phi) is 3.21. The number of benzene rings is 2. The van der Waals surface area contributed by atoms with E-state index >= 15 is 0 Å². The van der Waals surface area contributed by atoms with Crippen molar-refractivity contribution in [2.75, 3.05) is 6.54 Å². The van der Waals surface area contributed by atoms with E-state index in [0.29, 0.717) is 5.75 Å². The first-order valence-corrected chi connectivity index (χ1v) is 7.48. The molecule has 1 unspecified atom stereocenters. The third-order valence-electron chi connectivity index (χ3n) is 4.81. The summed E-state index contributed by atoms with van der Waals surface area (Å²) in [5, 5.41) is 12.7. The molecule has 1 saturated heterocycles. The molecule has 1 aliphatic heterocycles. The van der Waals surface area contributed by atoms with Gasteiger partial charge in [-0.3, -0.25) is 4.90 Å². The third kappa shape index (κ3) is 2.08. The quantitative estimate of drug-likeness (QED) is 0.868. The summed E-state index contributed by atoms with van der Waals surface area (Å²) in [6.07, 6.45) is 2.47. The highest BCUT2D eigenvalue weighted by atomic mass is 16.3. The Bertz CT molecular complexity index is 632. The maximum Gasteiger partial charge on any atom is 0.128 e. The number of nitrogens with zero attached hydrogens (tertiary/aromatic N) is 1. The molecule has 1 N–H and O–H groups in total. The zero-order valence-electron chi connectivity index (χ0n) is 12.6. The second-order valence-electron chi connectivity index (χ2n) is 6.51. The first kappa shape index (κ1) is 13.4. The molecule has 0 radical (unpaired) electrons. The van der Waals surface area contributed by atoms with E-state index < -0.39 is 0 Å². The lowest BCUT2D eigenvalue weighted by molar-refractivity contribution is 0.124. The molecule has 1 aliphatic rings. The van der Waals surface area contributed by atoms with Crippen LogP contribution in [0, 0.1) is 0 Å². The van der Waals surface area contributed by atoms with Gasteiger partial charge in [0.05, 0.1) is 0 Å². The standard InChI is InChI=1S/C18H23NO/c1-13(19-12-6-11-18(19,2)3)15-10-9-14-7-4-5-8-16(14)17(15)20/h4-5,7-10,13,20H,6,11-12H2,1-3H3. The molecule has 20 heavy (non-hydrogen) atoms. The van der Waals surface area contributed by atoms with Gasteiger partial charge in [0.2, 0.25) is 0 Å². The fourth-order valence-electron chi connectivity index (χ4n) is 3.62. The van der Waals surface area contributed by atoms with Gasteiger partial charge in [-0.25, -0.2) is 0 Å². The van der Waals surface area contributed by atoms with Crippen LogP contribution in [0.4, 0.5) is 0 Å². The topological polar surface area (TPSA) is 23.5 Å². The largest absolute Gasteiger partial charge is 0.507 e. The second-order valence-corrected chi connectivity index (χ2v) is 6.51. The maximum atomic E-state index is 10.6. The molecule has 1 heterocycles. The maximum absolute atomic E-state index is 10.6. The van der Waals surface area contributed by atoms with Crippen LogP contribution in [0.15, 0.2) is 36.4 Å². The Hall–Kier alpha value is -1.54. The van der Waals surface area contributed by atoms with Gasteiger partial charge in [-0.15, -0.1) is 0 Å². The first-order chi connectivity index (χ1) is 9.50. The molecule has 3 rings (SSSR count). The average molecular weight is 269 g/mol. The van der Waals surface area contributed by atoms with Gasteiger partial charge >= 0.3 is 0 Å². The van der Waals surface area contributed by atoms with E-state index in [1.165, 1.54) is 12.8 Å². The number of fused-ring (bicyclic) bond motifs is 1. The molecular weight excluding hydrogens is 246 g/mol. The van der Waals surface area contributed by atoms with Crippen LogP contribution in [0.3, 0.4) is 0 Å². The van der Waals surface area contributed by atoms with Gasteiger partial charge in [0, 0.05) is 22.5 Å². The van der Waals surface area contributed by atoms with Gasteiger partial charge in [0.15, 0.2) is 0 Å². The monoisotopic (exact) mass is 269 g/mol. The summed E-state index contributed by atoms with van der Waals surface area (Å²) in [5.41, 5.74) is 1.26. The summed E-state index contributed by atoms with van der Waals surface area (Å²) in [6.45, 7) is 7.92. The summed E-state index contributed by atoms with van der Waals surface area (Å²) in [6, 6.07) is 12.5. The molecule has 1 atom stereocenters. The Balaban J connectivity index is 2.04. The number of hydrogen-bond acceptors (Lipinski definition) is 2. The number of phenols is 1. The number of aromatic hydroxyl groups is 1. The lowest BCUT2D eigenvalue weighted by Gasteiger charge is -2.37. The lowest BCUT2D eigenvalue weighted by atomic mass is 9.96. The Morgan fingerprint density at radius 3 is 2.60 bits per heavy atom. The summed E-state index contributed by atoms with van der Waals surface area (Å²) < 4.78 is 0. The summed E-state index contributed by atoms with van der Waals surface area (Å²) >= 11 is 0. The van der Waals surface area contributed by atoms with E-state index in [2.05, 4.69) is 37.8 Å². The van der Waals surface area contributed by atoms with Crippen molar-refractivity contribution in [3.8, 4) is 5.75 Å². The molecule has 2 aromatic carbocycles. The molecule has 2 heteroatoms. The number of rotatable bonds is 2. The smallest absolute Gasteiger partial charge is 0.128 e. The van der Waals surface area contributed by atoms with Crippen LogP contribution >= 0.6 is 0 Å². The highest BCUT2D eigenvalue weighted by Crippen LogP contribution is 2.40. The molecule has 1 fully saturated rings. The number of phenolic OH excluding ortho intramolecular Hbond substituents is 1. The van der Waals surface area contributed by atoms with Gasteiger partial charge in [0.1, 0.15) is 5.75 Å². The molecule has 0 bridgehead atoms. The highest BCUT2D eigenvalue weighted by molar-refractivity contribution is 5.89. The van der Waals surface area contributed by atoms with E-state index in [4.69, 9.17) is 0 Å². The van der Waals surface area contributed by atoms with Crippen LogP contribution in [0.1, 0.15) is 45.2 Å². The second kappa shape index (κ2) is 4.78. The third-order valence-corrected chi connectivity index (χ3v) is 4.81. The van der Waals surface area contributed by atoms with Crippen molar-refractivity contribution in [1.82, 2.24) is 4.90 Å². The van der Waals surface area contributed by atoms with Gasteiger partial charge < -0.3 is 5.11 Å². The van der Waals surface area contributed by atoms with Crippen molar-refractivity contribution >= 4 is 10.8 Å². The van der Waals surface area contributed by atoms with E-state index in [0.717, 1.165) is 22.9 Å². The predicted octanol–water partition coefficient (Wildman–Crippen LogP) is 4.48. The lowest BCUT2D eigenvalue weighted by Crippen LogP contribution is -2.39. The normalized spacial score (nSPS) is 20.4. The zero-order valence-corrected chi connectivity index (χ0v) is 12.6. The Morgan fingerprint density at radius 2 is 1.90 bits per heavy atom. The minimum atomic E-state index is 0.220. The van der Waals surface area contributed by atoms with Crippen molar-refractivity contribution in [3.05, 3.63) is 42.0 Å². The molecule has 0 aliphatic carbocycles. The molecule has 0 saturated carbocycles. The summed E-state index contributed by atoms with van der Waals surface area (Å²) in [7, 11) is 0. The Labute approximate surface area is 121 Å². The van der Waals surface area contributed by atoms with Crippen LogP contribution in [-0.4, -0.2) is 22.1 Å². The molecular formula is C18H23NO. The van der Waals surface area contributed by atoms with Crippen molar-refractivity contribution < 1.29 is 5.11 Å². The van der Waals surface area contributed by atoms with Crippen LogP contribution in [-0.2, 0) is 0 Å². The summed E-state index contributed by atoms with van der Waals surface area (Å²) in [4.78, 5) is 2.51. The highest BCUT2D eigenvalue weighted by Gasteiger charge is 2.36. The van der Waals surface area contributed by atoms with Crippen LogP contribution in [0.25, 0.3) is 10.8 Å². The van der Waals surface area contributed by atoms with E-state index in [1.807, 2.05) is 24.3 Å². The van der Waals surface area contributed by atoms with E-state index in [-0.39, 0.29) is 11.6 Å². The summed E-state index contributed by atoms with van der Waals surface area (Å²) in [5.74, 6) is 0.443. The predicted molar refractivity (Wildman–Crippen MR) is 84.0 cm³/mol. The van der Waals surface area contributed by atoms with Crippen LogP contribution < -0.4 is 0 Å². The van der Waals surface area contributed by atoms with Gasteiger partial charge in [0.25, 0.3) is 0 Å². The molecule has 0 amide bonds. The molecule has 0 aromatic heterocycles. The first-order valence-electron chi connectivity index (χ1n) is 7.48. The van der Waals surface area contributed by atoms with Gasteiger partial charge in [-0.05, 0) is 45.5 Å². The molecule has 2 aromatic rings. The van der Waals surface area contributed by atoms with Crippen molar-refractivity contribution in [3.63, 3.8) is 0 Å². The SMILES string of the molecule is CC(c1ccc2ccccc2c1O)N1CCCC1(C)C. The minimum absolute atomic E-state index is 0.220. The fraction of sp³-hybridized carbons (Fsp3) is 0.444. The van der Waals surface area contributed by atoms with Crippen molar-refractivity contribution in [2.24, 2.45) is 0 Å². The molecule has 0 spiro atoms. The Morgan fingerprint density at radius 1 is 1.15 bits per heavy atom. The zero-order chi connectivity index (χ0) is 14.3. The van der Waals surface area contributed by atoms with E-state index in [1.54, 1.807) is 0 Å². The van der Waals surface area contributed by atoms with Gasteiger partial charge in [-0.2, -0.15) is 0 Å². The molecule has 106 valence electrons. The van der Waals surface area contributed by atoms with Gasteiger partial charge in [-0.1, -0.05) is 36.4 Å². The fourth-order valence-corrected chi connectivity index (χ4v) is 3.62. The van der Waals surface area contributed by atoms with Crippen molar-refractivity contribution in [1.29, 1.82) is 0 Å².